The number of anilines is 3. The van der Waals surface area contributed by atoms with E-state index in [-0.39, 0.29) is 21.5 Å². The van der Waals surface area contributed by atoms with Crippen LogP contribution < -0.4 is 14.5 Å². The van der Waals surface area contributed by atoms with E-state index in [1.807, 2.05) is 42.5 Å². The van der Waals surface area contributed by atoms with E-state index in [1.165, 1.54) is 12.1 Å². The number of fused-ring (bicyclic) bond motifs is 1. The van der Waals surface area contributed by atoms with Crippen LogP contribution in [0.4, 0.5) is 17.2 Å². The number of carbonyl (C=O) groups is 1. The van der Waals surface area contributed by atoms with Crippen molar-refractivity contribution in [1.82, 2.24) is 15.0 Å². The maximum Gasteiger partial charge on any atom is 0.261 e. The molecule has 1 fully saturated rings. The number of aromatic nitrogens is 3. The first-order valence-corrected chi connectivity index (χ1v) is 15.2. The summed E-state index contributed by atoms with van der Waals surface area (Å²) in [7, 11) is -3.83. The first kappa shape index (κ1) is 27.6. The Bertz CT molecular complexity index is 1880. The average Bonchev–Trinajstić information content (AvgIpc) is 3.02. The van der Waals surface area contributed by atoms with Gasteiger partial charge < -0.3 is 9.80 Å². The van der Waals surface area contributed by atoms with E-state index in [1.54, 1.807) is 43.6 Å². The van der Waals surface area contributed by atoms with Gasteiger partial charge in [-0.1, -0.05) is 35.9 Å². The molecular weight excluding hydrogens is 572 g/mol. The Morgan fingerprint density at radius 2 is 1.52 bits per heavy atom. The molecule has 0 amide bonds. The monoisotopic (exact) mass is 598 g/mol. The number of hydrogen-bond acceptors (Lipinski definition) is 8. The van der Waals surface area contributed by atoms with Crippen LogP contribution in [0.3, 0.4) is 0 Å². The highest BCUT2D eigenvalue weighted by Gasteiger charge is 2.20. The van der Waals surface area contributed by atoms with E-state index in [0.717, 1.165) is 48.8 Å². The predicted molar refractivity (Wildman–Crippen MR) is 166 cm³/mol. The van der Waals surface area contributed by atoms with E-state index in [2.05, 4.69) is 24.5 Å². The van der Waals surface area contributed by atoms with E-state index in [4.69, 9.17) is 16.6 Å². The summed E-state index contributed by atoms with van der Waals surface area (Å²) in [4.78, 5) is 30.0. The summed E-state index contributed by atoms with van der Waals surface area (Å²) in [6, 6.07) is 23.2. The largest absolute Gasteiger partial charge is 0.368 e. The minimum Gasteiger partial charge on any atom is -0.368 e. The predicted octanol–water partition coefficient (Wildman–Crippen LogP) is 5.68. The van der Waals surface area contributed by atoms with Gasteiger partial charge in [0.25, 0.3) is 10.0 Å². The van der Waals surface area contributed by atoms with E-state index in [0.29, 0.717) is 16.6 Å². The molecular formula is C31H27ClN6O3S. The summed E-state index contributed by atoms with van der Waals surface area (Å²) in [5.74, 6) is 0.849. The minimum atomic E-state index is -3.83. The van der Waals surface area contributed by atoms with Crippen LogP contribution in [0.25, 0.3) is 22.2 Å². The number of pyridine rings is 1. The van der Waals surface area contributed by atoms with Gasteiger partial charge in [0, 0.05) is 49.2 Å². The fraction of sp³-hybridized carbons (Fsp3) is 0.161. The third-order valence-corrected chi connectivity index (χ3v) is 8.92. The number of ketones is 1. The zero-order valence-electron chi connectivity index (χ0n) is 22.7. The molecule has 1 saturated heterocycles. The van der Waals surface area contributed by atoms with Crippen LogP contribution in [-0.4, -0.2) is 55.3 Å². The van der Waals surface area contributed by atoms with Gasteiger partial charge in [0.05, 0.1) is 27.8 Å². The number of halogens is 1. The van der Waals surface area contributed by atoms with Crippen LogP contribution in [0.5, 0.6) is 0 Å². The van der Waals surface area contributed by atoms with Crippen molar-refractivity contribution < 1.29 is 13.2 Å². The molecule has 1 aliphatic rings. The normalized spacial score (nSPS) is 13.8. The standard InChI is InChI=1S/C31H27ClN6O3S/c1-21(39)22-7-10-25(11-8-22)37-13-15-38(16-14-37)30-20-33-27-12-9-23(17-28(27)35-30)24-18-29(31(32)34-19-24)36-42(40,41)26-5-3-2-4-6-26/h2-12,17-20,36H,13-16H2,1H3. The van der Waals surface area contributed by atoms with Crippen LogP contribution in [0.15, 0.2) is 96.2 Å². The van der Waals surface area contributed by atoms with Gasteiger partial charge in [0.2, 0.25) is 0 Å². The van der Waals surface area contributed by atoms with Crippen molar-refractivity contribution in [3.8, 4) is 11.1 Å². The van der Waals surface area contributed by atoms with Crippen molar-refractivity contribution in [2.24, 2.45) is 0 Å². The minimum absolute atomic E-state index is 0.0510. The Morgan fingerprint density at radius 1 is 0.810 bits per heavy atom. The number of Topliss-reactive ketones (excluding diaryl/α,β-unsaturated/α-hetero) is 1. The van der Waals surface area contributed by atoms with Crippen molar-refractivity contribution in [2.45, 2.75) is 11.8 Å². The van der Waals surface area contributed by atoms with Gasteiger partial charge in [-0.3, -0.25) is 14.5 Å². The summed E-state index contributed by atoms with van der Waals surface area (Å²) in [5.41, 5.74) is 4.94. The van der Waals surface area contributed by atoms with Crippen LogP contribution in [-0.2, 0) is 10.0 Å². The van der Waals surface area contributed by atoms with Crippen molar-refractivity contribution in [3.05, 3.63) is 102 Å². The molecule has 0 saturated carbocycles. The zero-order valence-corrected chi connectivity index (χ0v) is 24.3. The van der Waals surface area contributed by atoms with E-state index >= 15 is 0 Å². The SMILES string of the molecule is CC(=O)c1ccc(N2CCN(c3cnc4ccc(-c5cnc(Cl)c(NS(=O)(=O)c6ccccc6)c5)cc4n3)CC2)cc1. The molecule has 9 nitrogen and oxygen atoms in total. The maximum absolute atomic E-state index is 12.9. The van der Waals surface area contributed by atoms with Gasteiger partial charge >= 0.3 is 0 Å². The van der Waals surface area contributed by atoms with Crippen molar-refractivity contribution >= 4 is 55.6 Å². The molecule has 2 aromatic heterocycles. The molecule has 0 radical (unpaired) electrons. The first-order chi connectivity index (χ1) is 20.3. The summed E-state index contributed by atoms with van der Waals surface area (Å²) in [6.07, 6.45) is 3.39. The smallest absolute Gasteiger partial charge is 0.261 e. The lowest BCUT2D eigenvalue weighted by atomic mass is 10.1. The van der Waals surface area contributed by atoms with Crippen LogP contribution in [0.2, 0.25) is 5.15 Å². The van der Waals surface area contributed by atoms with Gasteiger partial charge in [-0.2, -0.15) is 0 Å². The summed E-state index contributed by atoms with van der Waals surface area (Å²) in [6.45, 7) is 4.76. The molecule has 3 heterocycles. The Labute approximate surface area is 248 Å². The second-order valence-corrected chi connectivity index (χ2v) is 12.0. The highest BCUT2D eigenvalue weighted by molar-refractivity contribution is 7.92. The summed E-state index contributed by atoms with van der Waals surface area (Å²) in [5, 5.41) is 0.0510. The number of carbonyl (C=O) groups excluding carboxylic acids is 1. The fourth-order valence-corrected chi connectivity index (χ4v) is 6.20. The maximum atomic E-state index is 12.9. The molecule has 3 aromatic carbocycles. The zero-order chi connectivity index (χ0) is 29.3. The number of sulfonamides is 1. The summed E-state index contributed by atoms with van der Waals surface area (Å²) < 4.78 is 28.3. The lowest BCUT2D eigenvalue weighted by molar-refractivity contribution is 0.101. The molecule has 0 atom stereocenters. The molecule has 1 N–H and O–H groups in total. The second kappa shape index (κ2) is 11.4. The molecule has 6 rings (SSSR count). The molecule has 5 aromatic rings. The molecule has 11 heteroatoms. The first-order valence-electron chi connectivity index (χ1n) is 13.4. The molecule has 0 bridgehead atoms. The van der Waals surface area contributed by atoms with Gasteiger partial charge in [-0.05, 0) is 67.1 Å². The third-order valence-electron chi connectivity index (χ3n) is 7.24. The van der Waals surface area contributed by atoms with Gasteiger partial charge in [-0.15, -0.1) is 0 Å². The number of hydrogen-bond donors (Lipinski definition) is 1. The van der Waals surface area contributed by atoms with Crippen LogP contribution in [0.1, 0.15) is 17.3 Å². The Balaban J connectivity index is 1.20. The number of rotatable bonds is 7. The average molecular weight is 599 g/mol. The third kappa shape index (κ3) is 5.77. The fourth-order valence-electron chi connectivity index (χ4n) is 4.92. The summed E-state index contributed by atoms with van der Waals surface area (Å²) >= 11 is 6.26. The molecule has 212 valence electrons. The molecule has 0 unspecified atom stereocenters. The molecule has 0 spiro atoms. The van der Waals surface area contributed by atoms with Gasteiger partial charge in [0.1, 0.15) is 5.82 Å². The number of benzene rings is 3. The Kier molecular flexibility index (Phi) is 7.49. The van der Waals surface area contributed by atoms with Crippen molar-refractivity contribution in [3.63, 3.8) is 0 Å². The molecule has 0 aliphatic carbocycles. The molecule has 1 aliphatic heterocycles. The van der Waals surface area contributed by atoms with Crippen LogP contribution >= 0.6 is 11.6 Å². The van der Waals surface area contributed by atoms with E-state index < -0.39 is 10.0 Å². The number of nitrogens with zero attached hydrogens (tertiary/aromatic N) is 5. The lowest BCUT2D eigenvalue weighted by Crippen LogP contribution is -2.46. The highest BCUT2D eigenvalue weighted by atomic mass is 35.5. The van der Waals surface area contributed by atoms with Crippen LogP contribution in [0, 0.1) is 0 Å². The van der Waals surface area contributed by atoms with Gasteiger partial charge in [-0.25, -0.2) is 18.4 Å². The number of piperazine rings is 1. The highest BCUT2D eigenvalue weighted by Crippen LogP contribution is 2.30. The van der Waals surface area contributed by atoms with E-state index in [9.17, 15) is 13.2 Å². The molecule has 42 heavy (non-hydrogen) atoms. The quantitative estimate of drug-likeness (QED) is 0.188. The Hall–Kier alpha value is -4.54. The van der Waals surface area contributed by atoms with Crippen molar-refractivity contribution in [1.29, 1.82) is 0 Å². The second-order valence-electron chi connectivity index (χ2n) is 9.99. The lowest BCUT2D eigenvalue weighted by Gasteiger charge is -2.36. The topological polar surface area (TPSA) is 108 Å². The Morgan fingerprint density at radius 3 is 2.24 bits per heavy atom. The number of nitrogens with one attached hydrogen (secondary N) is 1. The van der Waals surface area contributed by atoms with Gasteiger partial charge in [0.15, 0.2) is 10.9 Å². The van der Waals surface area contributed by atoms with Crippen molar-refractivity contribution in [2.75, 3.05) is 40.7 Å².